The van der Waals surface area contributed by atoms with Gasteiger partial charge in [0.2, 0.25) is 0 Å². The lowest BCUT2D eigenvalue weighted by molar-refractivity contribution is 0.472. The summed E-state index contributed by atoms with van der Waals surface area (Å²) in [7, 11) is 0. The molecule has 0 amide bonds. The number of phenols is 1. The molecule has 0 unspecified atom stereocenters. The first kappa shape index (κ1) is 20.0. The molecule has 0 radical (unpaired) electrons. The molecular weight excluding hydrogens is 364 g/mol. The van der Waals surface area contributed by atoms with E-state index in [1.54, 1.807) is 24.8 Å². The van der Waals surface area contributed by atoms with E-state index in [2.05, 4.69) is 51.8 Å². The Hall–Kier alpha value is -3.74. The highest BCUT2D eigenvalue weighted by Crippen LogP contribution is 2.29. The number of benzene rings is 1. The standard InChI is InChI=1S/C22H24N6O/c1-22(2,3)18-12-16(14-25-27-19-8-4-6-10-23-19)21(29)17(13-18)15-26-28-20-9-5-7-11-24-20/h4-15,29H,1-3H3,(H,23,27)(H,24,28)/b25-14+,26-15+. The molecule has 2 aromatic heterocycles. The van der Waals surface area contributed by atoms with Crippen LogP contribution >= 0.6 is 0 Å². The van der Waals surface area contributed by atoms with E-state index in [0.29, 0.717) is 22.8 Å². The van der Waals surface area contributed by atoms with Crippen molar-refractivity contribution in [1.29, 1.82) is 0 Å². The number of pyridine rings is 2. The number of aromatic hydroxyl groups is 1. The highest BCUT2D eigenvalue weighted by atomic mass is 16.3. The van der Waals surface area contributed by atoms with E-state index in [4.69, 9.17) is 0 Å². The molecule has 3 aromatic rings. The van der Waals surface area contributed by atoms with E-state index in [0.717, 1.165) is 5.56 Å². The molecule has 0 aliphatic rings. The summed E-state index contributed by atoms with van der Waals surface area (Å²) in [6.45, 7) is 6.33. The van der Waals surface area contributed by atoms with Gasteiger partial charge in [0.25, 0.3) is 0 Å². The molecule has 2 heterocycles. The first-order chi connectivity index (χ1) is 13.9. The summed E-state index contributed by atoms with van der Waals surface area (Å²) >= 11 is 0. The molecule has 0 atom stereocenters. The number of hydrogen-bond donors (Lipinski definition) is 3. The Morgan fingerprint density at radius 1 is 0.828 bits per heavy atom. The third-order valence-electron chi connectivity index (χ3n) is 4.13. The number of rotatable bonds is 6. The van der Waals surface area contributed by atoms with Crippen molar-refractivity contribution in [3.8, 4) is 5.75 Å². The Kier molecular flexibility index (Phi) is 6.19. The van der Waals surface area contributed by atoms with Crippen LogP contribution in [-0.2, 0) is 5.41 Å². The van der Waals surface area contributed by atoms with Crippen LogP contribution in [0.5, 0.6) is 5.75 Å². The third-order valence-corrected chi connectivity index (χ3v) is 4.13. The molecule has 0 fully saturated rings. The Balaban J connectivity index is 1.86. The SMILES string of the molecule is CC(C)(C)c1cc(/C=N/Nc2ccccn2)c(O)c(/C=N/Nc2ccccn2)c1. The largest absolute Gasteiger partial charge is 0.507 e. The predicted octanol–water partition coefficient (Wildman–Crippen LogP) is 4.37. The van der Waals surface area contributed by atoms with Gasteiger partial charge in [-0.15, -0.1) is 0 Å². The molecule has 1 aromatic carbocycles. The van der Waals surface area contributed by atoms with Gasteiger partial charge in [0, 0.05) is 23.5 Å². The number of aromatic nitrogens is 2. The fraction of sp³-hybridized carbons (Fsp3) is 0.182. The number of hydrogen-bond acceptors (Lipinski definition) is 7. The smallest absolute Gasteiger partial charge is 0.146 e. The fourth-order valence-corrected chi connectivity index (χ4v) is 2.50. The van der Waals surface area contributed by atoms with Gasteiger partial charge in [0.15, 0.2) is 0 Å². The topological polar surface area (TPSA) is 94.8 Å². The maximum atomic E-state index is 10.7. The summed E-state index contributed by atoms with van der Waals surface area (Å²) in [5, 5.41) is 19.1. The Morgan fingerprint density at radius 2 is 1.31 bits per heavy atom. The lowest BCUT2D eigenvalue weighted by Gasteiger charge is -2.21. The molecule has 148 valence electrons. The summed E-state index contributed by atoms with van der Waals surface area (Å²) < 4.78 is 0. The zero-order valence-corrected chi connectivity index (χ0v) is 16.7. The van der Waals surface area contributed by atoms with Gasteiger partial charge in [-0.3, -0.25) is 10.9 Å². The third kappa shape index (κ3) is 5.62. The van der Waals surface area contributed by atoms with Crippen molar-refractivity contribution < 1.29 is 5.11 Å². The highest BCUT2D eigenvalue weighted by molar-refractivity contribution is 5.92. The van der Waals surface area contributed by atoms with Crippen LogP contribution in [-0.4, -0.2) is 27.5 Å². The molecule has 0 saturated carbocycles. The first-order valence-electron chi connectivity index (χ1n) is 9.21. The number of nitrogens with one attached hydrogen (secondary N) is 2. The molecule has 3 rings (SSSR count). The van der Waals surface area contributed by atoms with Crippen LogP contribution in [0.1, 0.15) is 37.5 Å². The molecule has 0 spiro atoms. The zero-order valence-electron chi connectivity index (χ0n) is 16.7. The normalized spacial score (nSPS) is 11.8. The van der Waals surface area contributed by atoms with Gasteiger partial charge in [-0.05, 0) is 47.4 Å². The molecule has 0 aliphatic heterocycles. The van der Waals surface area contributed by atoms with E-state index in [-0.39, 0.29) is 11.2 Å². The number of hydrazone groups is 2. The van der Waals surface area contributed by atoms with Crippen molar-refractivity contribution in [2.24, 2.45) is 10.2 Å². The molecule has 7 nitrogen and oxygen atoms in total. The second kappa shape index (κ2) is 8.97. The predicted molar refractivity (Wildman–Crippen MR) is 118 cm³/mol. The fourth-order valence-electron chi connectivity index (χ4n) is 2.50. The maximum absolute atomic E-state index is 10.7. The van der Waals surface area contributed by atoms with Gasteiger partial charge in [0.1, 0.15) is 17.4 Å². The Bertz CT molecular complexity index is 922. The van der Waals surface area contributed by atoms with Gasteiger partial charge in [-0.2, -0.15) is 10.2 Å². The van der Waals surface area contributed by atoms with Gasteiger partial charge in [0.05, 0.1) is 12.4 Å². The van der Waals surface area contributed by atoms with Crippen molar-refractivity contribution in [3.05, 3.63) is 77.6 Å². The number of phenolic OH excluding ortho intramolecular Hbond substituents is 1. The molecule has 0 bridgehead atoms. The van der Waals surface area contributed by atoms with Crippen LogP contribution in [0, 0.1) is 0 Å². The van der Waals surface area contributed by atoms with Crippen LogP contribution < -0.4 is 10.9 Å². The summed E-state index contributed by atoms with van der Waals surface area (Å²) in [6.07, 6.45) is 6.50. The van der Waals surface area contributed by atoms with E-state index in [1.165, 1.54) is 0 Å². The van der Waals surface area contributed by atoms with Crippen LogP contribution in [0.25, 0.3) is 0 Å². The first-order valence-corrected chi connectivity index (χ1v) is 9.21. The molecule has 7 heteroatoms. The molecule has 29 heavy (non-hydrogen) atoms. The molecular formula is C22H24N6O. The summed E-state index contributed by atoms with van der Waals surface area (Å²) in [6, 6.07) is 14.9. The van der Waals surface area contributed by atoms with E-state index >= 15 is 0 Å². The van der Waals surface area contributed by atoms with Crippen molar-refractivity contribution >= 4 is 24.1 Å². The average molecular weight is 388 g/mol. The van der Waals surface area contributed by atoms with E-state index in [9.17, 15) is 5.11 Å². The number of anilines is 2. The van der Waals surface area contributed by atoms with Crippen molar-refractivity contribution in [1.82, 2.24) is 9.97 Å². The van der Waals surface area contributed by atoms with Crippen molar-refractivity contribution in [2.75, 3.05) is 10.9 Å². The highest BCUT2D eigenvalue weighted by Gasteiger charge is 2.17. The summed E-state index contributed by atoms with van der Waals surface area (Å²) in [5.41, 5.74) is 7.82. The van der Waals surface area contributed by atoms with Gasteiger partial charge in [-0.1, -0.05) is 32.9 Å². The van der Waals surface area contributed by atoms with Crippen LogP contribution in [0.2, 0.25) is 0 Å². The lowest BCUT2D eigenvalue weighted by atomic mass is 9.85. The Morgan fingerprint density at radius 3 is 1.69 bits per heavy atom. The van der Waals surface area contributed by atoms with E-state index in [1.807, 2.05) is 48.5 Å². The lowest BCUT2D eigenvalue weighted by Crippen LogP contribution is -2.12. The zero-order chi connectivity index (χ0) is 20.7. The van der Waals surface area contributed by atoms with Crippen molar-refractivity contribution in [3.63, 3.8) is 0 Å². The van der Waals surface area contributed by atoms with Gasteiger partial charge in [-0.25, -0.2) is 9.97 Å². The minimum atomic E-state index is -0.109. The molecule has 0 aliphatic carbocycles. The minimum absolute atomic E-state index is 0.0936. The second-order valence-corrected chi connectivity index (χ2v) is 7.42. The maximum Gasteiger partial charge on any atom is 0.146 e. The molecule has 3 N–H and O–H groups in total. The van der Waals surface area contributed by atoms with Crippen LogP contribution in [0.3, 0.4) is 0 Å². The van der Waals surface area contributed by atoms with Crippen LogP contribution in [0.15, 0.2) is 71.1 Å². The Labute approximate surface area is 170 Å². The van der Waals surface area contributed by atoms with Crippen molar-refractivity contribution in [2.45, 2.75) is 26.2 Å². The van der Waals surface area contributed by atoms with Gasteiger partial charge < -0.3 is 5.11 Å². The van der Waals surface area contributed by atoms with Crippen LogP contribution in [0.4, 0.5) is 11.6 Å². The molecule has 0 saturated heterocycles. The summed E-state index contributed by atoms with van der Waals surface area (Å²) in [4.78, 5) is 8.31. The second-order valence-electron chi connectivity index (χ2n) is 7.42. The quantitative estimate of drug-likeness (QED) is 0.430. The average Bonchev–Trinajstić information content (AvgIpc) is 2.71. The monoisotopic (exact) mass is 388 g/mol. The number of nitrogens with zero attached hydrogens (tertiary/aromatic N) is 4. The van der Waals surface area contributed by atoms with E-state index < -0.39 is 0 Å². The minimum Gasteiger partial charge on any atom is -0.507 e. The van der Waals surface area contributed by atoms with Gasteiger partial charge >= 0.3 is 0 Å². The summed E-state index contributed by atoms with van der Waals surface area (Å²) in [5.74, 6) is 1.34.